The van der Waals surface area contributed by atoms with E-state index in [1.54, 1.807) is 0 Å². The number of aromatic amines is 1. The number of benzene rings is 1. The van der Waals surface area contributed by atoms with Gasteiger partial charge in [0.25, 0.3) is 0 Å². The van der Waals surface area contributed by atoms with Gasteiger partial charge in [-0.15, -0.1) is 0 Å². The molecule has 0 radical (unpaired) electrons. The van der Waals surface area contributed by atoms with E-state index in [2.05, 4.69) is 10.3 Å². The summed E-state index contributed by atoms with van der Waals surface area (Å²) >= 11 is 0. The molecule has 1 saturated carbocycles. The second-order valence-corrected chi connectivity index (χ2v) is 6.86. The normalized spacial score (nSPS) is 22.9. The number of rotatable bonds is 4. The minimum atomic E-state index is -0.371. The van der Waals surface area contributed by atoms with Crippen molar-refractivity contribution < 1.29 is 14.3 Å². The molecule has 1 aliphatic heterocycles. The molecular formula is C19H24N2O3. The molecule has 5 nitrogen and oxygen atoms in total. The number of amides is 1. The van der Waals surface area contributed by atoms with Crippen LogP contribution in [0, 0.1) is 0 Å². The Bertz CT molecular complexity index is 718. The summed E-state index contributed by atoms with van der Waals surface area (Å²) in [6.07, 6.45) is 7.81. The standard InChI is InChI=1S/C19H24N2O3/c22-18(10-14-11-20-17-7-3-2-6-16(14)17)21-12-15-13-23-19(24-15)8-4-1-5-9-19/h2-3,6-7,11,15,20H,1,4-5,8-10,12-13H2,(H,21,22)/t15-/m0/s1. The number of nitrogens with one attached hydrogen (secondary N) is 2. The van der Waals surface area contributed by atoms with Gasteiger partial charge in [-0.05, 0) is 24.5 Å². The van der Waals surface area contributed by atoms with E-state index >= 15 is 0 Å². The van der Waals surface area contributed by atoms with Crippen molar-refractivity contribution >= 4 is 16.8 Å². The molecule has 1 atom stereocenters. The number of carbonyl (C=O) groups is 1. The summed E-state index contributed by atoms with van der Waals surface area (Å²) in [4.78, 5) is 15.5. The van der Waals surface area contributed by atoms with E-state index < -0.39 is 0 Å². The van der Waals surface area contributed by atoms with Crippen molar-refractivity contribution in [2.24, 2.45) is 0 Å². The Morgan fingerprint density at radius 2 is 2.08 bits per heavy atom. The highest BCUT2D eigenvalue weighted by Gasteiger charge is 2.42. The molecular weight excluding hydrogens is 304 g/mol. The summed E-state index contributed by atoms with van der Waals surface area (Å²) in [5, 5.41) is 4.10. The van der Waals surface area contributed by atoms with Crippen molar-refractivity contribution in [2.75, 3.05) is 13.2 Å². The highest BCUT2D eigenvalue weighted by atomic mass is 16.7. The Kier molecular flexibility index (Phi) is 4.29. The van der Waals surface area contributed by atoms with E-state index in [1.807, 2.05) is 30.5 Å². The summed E-state index contributed by atoms with van der Waals surface area (Å²) in [6, 6.07) is 8.03. The number of hydrogen-bond donors (Lipinski definition) is 2. The van der Waals surface area contributed by atoms with Gasteiger partial charge in [-0.3, -0.25) is 4.79 Å². The molecule has 1 aromatic carbocycles. The Morgan fingerprint density at radius 1 is 1.25 bits per heavy atom. The quantitative estimate of drug-likeness (QED) is 0.907. The average molecular weight is 328 g/mol. The Morgan fingerprint density at radius 3 is 2.96 bits per heavy atom. The lowest BCUT2D eigenvalue weighted by molar-refractivity contribution is -0.186. The van der Waals surface area contributed by atoms with Gasteiger partial charge in [0.2, 0.25) is 5.91 Å². The Labute approximate surface area is 141 Å². The SMILES string of the molecule is O=C(Cc1c[nH]c2ccccc12)NC[C@H]1COC2(CCCCC2)O1. The lowest BCUT2D eigenvalue weighted by Gasteiger charge is -2.31. The summed E-state index contributed by atoms with van der Waals surface area (Å²) < 4.78 is 12.0. The lowest BCUT2D eigenvalue weighted by atomic mass is 9.94. The molecule has 2 aliphatic rings. The van der Waals surface area contributed by atoms with Crippen molar-refractivity contribution in [3.8, 4) is 0 Å². The van der Waals surface area contributed by atoms with E-state index in [-0.39, 0.29) is 17.8 Å². The fourth-order valence-corrected chi connectivity index (χ4v) is 3.81. The van der Waals surface area contributed by atoms with Gasteiger partial charge in [-0.1, -0.05) is 24.6 Å². The number of aromatic nitrogens is 1. The number of para-hydroxylation sites is 1. The van der Waals surface area contributed by atoms with Gasteiger partial charge in [0.1, 0.15) is 6.10 Å². The smallest absolute Gasteiger partial charge is 0.224 e. The second kappa shape index (κ2) is 6.57. The molecule has 2 heterocycles. The number of fused-ring (bicyclic) bond motifs is 1. The highest BCUT2D eigenvalue weighted by Crippen LogP contribution is 2.37. The molecule has 0 bridgehead atoms. The van der Waals surface area contributed by atoms with E-state index in [4.69, 9.17) is 9.47 Å². The summed E-state index contributed by atoms with van der Waals surface area (Å²) in [5.41, 5.74) is 2.09. The summed E-state index contributed by atoms with van der Waals surface area (Å²) in [5.74, 6) is -0.349. The van der Waals surface area contributed by atoms with Gasteiger partial charge >= 0.3 is 0 Å². The third-order valence-electron chi connectivity index (χ3n) is 5.08. The first-order valence-electron chi connectivity index (χ1n) is 8.88. The van der Waals surface area contributed by atoms with Gasteiger partial charge in [0.05, 0.1) is 13.0 Å². The minimum absolute atomic E-state index is 0.0212. The topological polar surface area (TPSA) is 63.4 Å². The predicted octanol–water partition coefficient (Wildman–Crippen LogP) is 2.90. The molecule has 1 saturated heterocycles. The van der Waals surface area contributed by atoms with E-state index in [0.29, 0.717) is 19.6 Å². The Hall–Kier alpha value is -1.85. The molecule has 128 valence electrons. The molecule has 2 N–H and O–H groups in total. The predicted molar refractivity (Wildman–Crippen MR) is 91.7 cm³/mol. The van der Waals surface area contributed by atoms with E-state index in [0.717, 1.165) is 29.3 Å². The highest BCUT2D eigenvalue weighted by molar-refractivity contribution is 5.88. The molecule has 1 spiro atoms. The third kappa shape index (κ3) is 3.19. The van der Waals surface area contributed by atoms with Crippen molar-refractivity contribution in [1.29, 1.82) is 0 Å². The van der Waals surface area contributed by atoms with Crippen LogP contribution in [-0.2, 0) is 20.7 Å². The maximum atomic E-state index is 12.3. The zero-order valence-electron chi connectivity index (χ0n) is 13.8. The van der Waals surface area contributed by atoms with Crippen LogP contribution in [0.15, 0.2) is 30.5 Å². The number of ether oxygens (including phenoxy) is 2. The molecule has 4 rings (SSSR count). The average Bonchev–Trinajstić information content (AvgIpc) is 3.19. The monoisotopic (exact) mass is 328 g/mol. The summed E-state index contributed by atoms with van der Waals surface area (Å²) in [7, 11) is 0. The first-order valence-corrected chi connectivity index (χ1v) is 8.88. The second-order valence-electron chi connectivity index (χ2n) is 6.86. The molecule has 24 heavy (non-hydrogen) atoms. The van der Waals surface area contributed by atoms with E-state index in [9.17, 15) is 4.79 Å². The Balaban J connectivity index is 1.29. The largest absolute Gasteiger partial charge is 0.361 e. The maximum Gasteiger partial charge on any atom is 0.224 e. The zero-order valence-corrected chi connectivity index (χ0v) is 13.8. The fraction of sp³-hybridized carbons (Fsp3) is 0.526. The van der Waals surface area contributed by atoms with Crippen LogP contribution in [0.25, 0.3) is 10.9 Å². The first kappa shape index (κ1) is 15.7. The van der Waals surface area contributed by atoms with Crippen molar-refractivity contribution in [3.63, 3.8) is 0 Å². The molecule has 1 aliphatic carbocycles. The zero-order chi connectivity index (χ0) is 16.4. The van der Waals surface area contributed by atoms with Crippen LogP contribution in [0.2, 0.25) is 0 Å². The van der Waals surface area contributed by atoms with Gasteiger partial charge in [0.15, 0.2) is 5.79 Å². The number of carbonyl (C=O) groups excluding carboxylic acids is 1. The number of H-pyrrole nitrogens is 1. The van der Waals surface area contributed by atoms with Crippen LogP contribution < -0.4 is 5.32 Å². The van der Waals surface area contributed by atoms with Crippen LogP contribution in [0.5, 0.6) is 0 Å². The number of hydrogen-bond acceptors (Lipinski definition) is 3. The van der Waals surface area contributed by atoms with Gasteiger partial charge in [-0.25, -0.2) is 0 Å². The molecule has 1 amide bonds. The minimum Gasteiger partial charge on any atom is -0.361 e. The van der Waals surface area contributed by atoms with Gasteiger partial charge in [0, 0.05) is 36.5 Å². The van der Waals surface area contributed by atoms with Gasteiger partial charge in [-0.2, -0.15) is 0 Å². The summed E-state index contributed by atoms with van der Waals surface area (Å²) in [6.45, 7) is 1.09. The molecule has 5 heteroatoms. The van der Waals surface area contributed by atoms with Crippen molar-refractivity contribution in [2.45, 2.75) is 50.4 Å². The van der Waals surface area contributed by atoms with Crippen molar-refractivity contribution in [1.82, 2.24) is 10.3 Å². The maximum absolute atomic E-state index is 12.3. The van der Waals surface area contributed by atoms with Crippen LogP contribution in [-0.4, -0.2) is 35.9 Å². The lowest BCUT2D eigenvalue weighted by Crippen LogP contribution is -2.37. The van der Waals surface area contributed by atoms with Crippen molar-refractivity contribution in [3.05, 3.63) is 36.0 Å². The first-order chi connectivity index (χ1) is 11.7. The van der Waals surface area contributed by atoms with Crippen LogP contribution in [0.1, 0.15) is 37.7 Å². The molecule has 0 unspecified atom stereocenters. The van der Waals surface area contributed by atoms with Crippen LogP contribution in [0.4, 0.5) is 0 Å². The molecule has 1 aromatic heterocycles. The van der Waals surface area contributed by atoms with Gasteiger partial charge < -0.3 is 19.8 Å². The third-order valence-corrected chi connectivity index (χ3v) is 5.08. The molecule has 2 aromatic rings. The fourth-order valence-electron chi connectivity index (χ4n) is 3.81. The van der Waals surface area contributed by atoms with Crippen LogP contribution in [0.3, 0.4) is 0 Å². The van der Waals surface area contributed by atoms with E-state index in [1.165, 1.54) is 19.3 Å². The molecule has 2 fully saturated rings. The van der Waals surface area contributed by atoms with Crippen LogP contribution >= 0.6 is 0 Å².